The SMILES string of the molecule is CCOc1ccc(C(C)=O)cc1COC(=O)CCN1C(=O)[C@H]2CCCC[C@H]2C1=O. The van der Waals surface area contributed by atoms with Gasteiger partial charge in [0.1, 0.15) is 12.4 Å². The molecule has 29 heavy (non-hydrogen) atoms. The second kappa shape index (κ2) is 9.20. The van der Waals surface area contributed by atoms with Gasteiger partial charge in [0.15, 0.2) is 5.78 Å². The first-order valence-corrected chi connectivity index (χ1v) is 10.2. The number of benzene rings is 1. The van der Waals surface area contributed by atoms with Gasteiger partial charge in [-0.1, -0.05) is 12.8 Å². The van der Waals surface area contributed by atoms with Gasteiger partial charge < -0.3 is 9.47 Å². The first-order valence-electron chi connectivity index (χ1n) is 10.2. The molecule has 0 aromatic heterocycles. The van der Waals surface area contributed by atoms with E-state index in [9.17, 15) is 19.2 Å². The maximum atomic E-state index is 12.5. The third-order valence-corrected chi connectivity index (χ3v) is 5.63. The summed E-state index contributed by atoms with van der Waals surface area (Å²) in [5.74, 6) is -0.769. The lowest BCUT2D eigenvalue weighted by molar-refractivity contribution is -0.146. The Balaban J connectivity index is 1.56. The van der Waals surface area contributed by atoms with Crippen LogP contribution in [0.4, 0.5) is 0 Å². The van der Waals surface area contributed by atoms with Crippen LogP contribution in [0.15, 0.2) is 18.2 Å². The summed E-state index contributed by atoms with van der Waals surface area (Å²) in [5.41, 5.74) is 1.11. The number of ketones is 1. The number of rotatable bonds is 8. The number of Topliss-reactive ketones (excluding diaryl/α,β-unsaturated/α-hetero) is 1. The molecule has 0 unspecified atom stereocenters. The van der Waals surface area contributed by atoms with Crippen molar-refractivity contribution in [3.63, 3.8) is 0 Å². The third-order valence-electron chi connectivity index (χ3n) is 5.63. The van der Waals surface area contributed by atoms with Gasteiger partial charge in [0.25, 0.3) is 0 Å². The van der Waals surface area contributed by atoms with Gasteiger partial charge in [-0.15, -0.1) is 0 Å². The Bertz CT molecular complexity index is 794. The highest BCUT2D eigenvalue weighted by Gasteiger charge is 2.47. The molecule has 1 aliphatic heterocycles. The molecular formula is C22H27NO6. The standard InChI is InChI=1S/C22H27NO6/c1-3-28-19-9-8-15(14(2)24)12-16(19)13-29-20(25)10-11-23-21(26)17-6-4-5-7-18(17)22(23)27/h8-9,12,17-18H,3-7,10-11,13H2,1-2H3/t17-,18+. The highest BCUT2D eigenvalue weighted by Crippen LogP contribution is 2.38. The number of imide groups is 1. The van der Waals surface area contributed by atoms with Crippen LogP contribution in [0, 0.1) is 11.8 Å². The molecule has 2 atom stereocenters. The number of esters is 1. The number of carbonyl (C=O) groups excluding carboxylic acids is 4. The van der Waals surface area contributed by atoms with Crippen LogP contribution in [0.2, 0.25) is 0 Å². The Morgan fingerprint density at radius 1 is 1.10 bits per heavy atom. The maximum Gasteiger partial charge on any atom is 0.307 e. The zero-order chi connectivity index (χ0) is 21.0. The highest BCUT2D eigenvalue weighted by molar-refractivity contribution is 6.05. The molecule has 3 rings (SSSR count). The summed E-state index contributed by atoms with van der Waals surface area (Å²) in [4.78, 5) is 50.0. The molecule has 2 amide bonds. The lowest BCUT2D eigenvalue weighted by atomic mass is 9.81. The van der Waals surface area contributed by atoms with Crippen molar-refractivity contribution in [3.05, 3.63) is 29.3 Å². The zero-order valence-corrected chi connectivity index (χ0v) is 16.9. The van der Waals surface area contributed by atoms with Gasteiger partial charge in [-0.3, -0.25) is 24.1 Å². The van der Waals surface area contributed by atoms with Gasteiger partial charge in [0.2, 0.25) is 11.8 Å². The summed E-state index contributed by atoms with van der Waals surface area (Å²) in [5, 5.41) is 0. The number of carbonyl (C=O) groups is 4. The number of nitrogens with zero attached hydrogens (tertiary/aromatic N) is 1. The van der Waals surface area contributed by atoms with Crippen LogP contribution < -0.4 is 4.74 Å². The summed E-state index contributed by atoms with van der Waals surface area (Å²) < 4.78 is 10.8. The second-order valence-electron chi connectivity index (χ2n) is 7.55. The summed E-state index contributed by atoms with van der Waals surface area (Å²) in [6.07, 6.45) is 3.40. The fourth-order valence-corrected chi connectivity index (χ4v) is 4.09. The first kappa shape index (κ1) is 21.0. The van der Waals surface area contributed by atoms with Crippen LogP contribution in [0.3, 0.4) is 0 Å². The van der Waals surface area contributed by atoms with E-state index in [0.717, 1.165) is 25.7 Å². The molecule has 1 heterocycles. The molecule has 1 aromatic carbocycles. The number of ether oxygens (including phenoxy) is 2. The van der Waals surface area contributed by atoms with E-state index >= 15 is 0 Å². The minimum absolute atomic E-state index is 0.0393. The molecule has 7 nitrogen and oxygen atoms in total. The molecule has 7 heteroatoms. The topological polar surface area (TPSA) is 90.0 Å². The maximum absolute atomic E-state index is 12.5. The molecule has 1 saturated heterocycles. The van der Waals surface area contributed by atoms with E-state index in [2.05, 4.69) is 0 Å². The molecule has 2 fully saturated rings. The predicted molar refractivity (Wildman–Crippen MR) is 104 cm³/mol. The van der Waals surface area contributed by atoms with Gasteiger partial charge in [-0.05, 0) is 44.9 Å². The summed E-state index contributed by atoms with van der Waals surface area (Å²) in [7, 11) is 0. The van der Waals surface area contributed by atoms with E-state index < -0.39 is 5.97 Å². The Kier molecular flexibility index (Phi) is 6.67. The van der Waals surface area contributed by atoms with Crippen LogP contribution in [0.1, 0.15) is 61.9 Å². The molecule has 1 aromatic rings. The fraction of sp³-hybridized carbons (Fsp3) is 0.545. The predicted octanol–water partition coefficient (Wildman–Crippen LogP) is 2.90. The molecule has 0 bridgehead atoms. The quantitative estimate of drug-likeness (QED) is 0.378. The van der Waals surface area contributed by atoms with Gasteiger partial charge in [0, 0.05) is 17.7 Å². The highest BCUT2D eigenvalue weighted by atomic mass is 16.5. The molecule has 156 valence electrons. The van der Waals surface area contributed by atoms with Crippen molar-refractivity contribution in [3.8, 4) is 5.75 Å². The Labute approximate surface area is 170 Å². The number of fused-ring (bicyclic) bond motifs is 1. The molecule has 0 spiro atoms. The summed E-state index contributed by atoms with van der Waals surface area (Å²) >= 11 is 0. The lowest BCUT2D eigenvalue weighted by Gasteiger charge is -2.19. The van der Waals surface area contributed by atoms with Crippen molar-refractivity contribution in [1.82, 2.24) is 4.90 Å². The zero-order valence-electron chi connectivity index (χ0n) is 16.9. The van der Waals surface area contributed by atoms with Crippen LogP contribution >= 0.6 is 0 Å². The van der Waals surface area contributed by atoms with Crippen LogP contribution in [-0.2, 0) is 25.7 Å². The van der Waals surface area contributed by atoms with Crippen LogP contribution in [0.25, 0.3) is 0 Å². The van der Waals surface area contributed by atoms with Gasteiger partial charge in [0.05, 0.1) is 24.9 Å². The van der Waals surface area contributed by atoms with E-state index in [1.54, 1.807) is 18.2 Å². The fourth-order valence-electron chi connectivity index (χ4n) is 4.09. The van der Waals surface area contributed by atoms with Crippen LogP contribution in [-0.4, -0.2) is 41.6 Å². The number of hydrogen-bond acceptors (Lipinski definition) is 6. The van der Waals surface area contributed by atoms with Crippen molar-refractivity contribution < 1.29 is 28.7 Å². The Morgan fingerprint density at radius 3 is 2.34 bits per heavy atom. The molecule has 0 N–H and O–H groups in total. The monoisotopic (exact) mass is 401 g/mol. The Hall–Kier alpha value is -2.70. The molecule has 1 aliphatic carbocycles. The molecule has 1 saturated carbocycles. The lowest BCUT2D eigenvalue weighted by Crippen LogP contribution is -2.33. The third kappa shape index (κ3) is 4.66. The summed E-state index contributed by atoms with van der Waals surface area (Å²) in [6, 6.07) is 5.01. The largest absolute Gasteiger partial charge is 0.493 e. The van der Waals surface area contributed by atoms with E-state index in [0.29, 0.717) is 23.5 Å². The van der Waals surface area contributed by atoms with Crippen LogP contribution in [0.5, 0.6) is 5.75 Å². The summed E-state index contributed by atoms with van der Waals surface area (Å²) in [6.45, 7) is 3.77. The first-order chi connectivity index (χ1) is 13.9. The second-order valence-corrected chi connectivity index (χ2v) is 7.55. The minimum Gasteiger partial charge on any atom is -0.493 e. The average molecular weight is 401 g/mol. The van der Waals surface area contributed by atoms with E-state index in [1.807, 2.05) is 6.92 Å². The molecular weight excluding hydrogens is 374 g/mol. The number of amides is 2. The Morgan fingerprint density at radius 2 is 1.76 bits per heavy atom. The van der Waals surface area contributed by atoms with E-state index in [-0.39, 0.29) is 49.0 Å². The van der Waals surface area contributed by atoms with Gasteiger partial charge >= 0.3 is 5.97 Å². The van der Waals surface area contributed by atoms with Crippen molar-refractivity contribution in [2.45, 2.75) is 52.6 Å². The molecule has 0 radical (unpaired) electrons. The van der Waals surface area contributed by atoms with Crippen molar-refractivity contribution >= 4 is 23.6 Å². The normalized spacial score (nSPS) is 21.1. The van der Waals surface area contributed by atoms with E-state index in [4.69, 9.17) is 9.47 Å². The van der Waals surface area contributed by atoms with Crippen molar-refractivity contribution in [2.75, 3.05) is 13.2 Å². The number of likely N-dealkylation sites (tertiary alicyclic amines) is 1. The van der Waals surface area contributed by atoms with Crippen molar-refractivity contribution in [2.24, 2.45) is 11.8 Å². The average Bonchev–Trinajstić information content (AvgIpc) is 2.96. The minimum atomic E-state index is -0.504. The van der Waals surface area contributed by atoms with E-state index in [1.165, 1.54) is 11.8 Å². The van der Waals surface area contributed by atoms with Crippen molar-refractivity contribution in [1.29, 1.82) is 0 Å². The van der Waals surface area contributed by atoms with Gasteiger partial charge in [-0.25, -0.2) is 0 Å². The van der Waals surface area contributed by atoms with Gasteiger partial charge in [-0.2, -0.15) is 0 Å². The molecule has 2 aliphatic rings. The number of hydrogen-bond donors (Lipinski definition) is 0. The smallest absolute Gasteiger partial charge is 0.307 e.